The monoisotopic (exact) mass is 485 g/mol. The van der Waals surface area contributed by atoms with Crippen molar-refractivity contribution in [2.24, 2.45) is 0 Å². The summed E-state index contributed by atoms with van der Waals surface area (Å²) in [6.07, 6.45) is 7.84. The Morgan fingerprint density at radius 3 is 2.56 bits per heavy atom. The van der Waals surface area contributed by atoms with Gasteiger partial charge in [0, 0.05) is 41.0 Å². The van der Waals surface area contributed by atoms with Crippen LogP contribution >= 0.6 is 11.6 Å². The Kier molecular flexibility index (Phi) is 5.51. The van der Waals surface area contributed by atoms with Crippen molar-refractivity contribution in [3.05, 3.63) is 66.5 Å². The third-order valence-electron chi connectivity index (χ3n) is 5.69. The smallest absolute Gasteiger partial charge is 0.420 e. The van der Waals surface area contributed by atoms with E-state index in [-0.39, 0.29) is 17.7 Å². The number of aromatic nitrogens is 4. The van der Waals surface area contributed by atoms with Gasteiger partial charge in [0.2, 0.25) is 0 Å². The lowest BCUT2D eigenvalue weighted by Gasteiger charge is -2.14. The zero-order valence-electron chi connectivity index (χ0n) is 18.5. The maximum Gasteiger partial charge on any atom is 0.487 e. The minimum atomic E-state index is -3.80. The number of halogens is 3. The highest BCUT2D eigenvalue weighted by Crippen LogP contribution is 2.39. The number of alkyl halides is 3. The Labute approximate surface area is 199 Å². The van der Waals surface area contributed by atoms with Crippen molar-refractivity contribution < 1.29 is 18.3 Å². The Balaban J connectivity index is 1.48. The number of carbonyl (C=O) groups is 1. The first-order valence-electron chi connectivity index (χ1n) is 10.9. The molecule has 0 aliphatic heterocycles. The summed E-state index contributed by atoms with van der Waals surface area (Å²) in [5, 5.41) is 2.78. The molecule has 1 aliphatic rings. The third kappa shape index (κ3) is 4.61. The number of hydrogen-bond donors (Lipinski definition) is 1. The van der Waals surface area contributed by atoms with Gasteiger partial charge in [-0.3, -0.25) is 4.79 Å². The van der Waals surface area contributed by atoms with Crippen LogP contribution in [0, 0.1) is 0 Å². The van der Waals surface area contributed by atoms with Crippen molar-refractivity contribution in [3.63, 3.8) is 0 Å². The van der Waals surface area contributed by atoms with E-state index >= 15 is 0 Å². The van der Waals surface area contributed by atoms with E-state index in [0.717, 1.165) is 29.7 Å². The average Bonchev–Trinajstić information content (AvgIpc) is 3.34. The fraction of sp³-hybridized carbons (Fsp3) is 0.292. The molecule has 7 nitrogen and oxygen atoms in total. The molecule has 1 saturated carbocycles. The molecule has 0 atom stereocenters. The van der Waals surface area contributed by atoms with E-state index in [4.69, 9.17) is 11.6 Å². The molecule has 1 aliphatic carbocycles. The van der Waals surface area contributed by atoms with Crippen molar-refractivity contribution >= 4 is 34.2 Å². The lowest BCUT2D eigenvalue weighted by atomic mass is 10.1. The van der Waals surface area contributed by atoms with Crippen LogP contribution in [-0.2, 0) is 0 Å². The predicted octanol–water partition coefficient (Wildman–Crippen LogP) is 6.10. The number of imidazole rings is 2. The molecule has 2 aromatic carbocycles. The first kappa shape index (κ1) is 22.3. The van der Waals surface area contributed by atoms with Crippen LogP contribution in [0.2, 0.25) is 0 Å². The van der Waals surface area contributed by atoms with Crippen molar-refractivity contribution in [3.8, 4) is 11.4 Å². The van der Waals surface area contributed by atoms with E-state index in [1.165, 1.54) is 24.3 Å². The second-order valence-electron chi connectivity index (χ2n) is 8.62. The molecule has 1 fully saturated rings. The van der Waals surface area contributed by atoms with Crippen molar-refractivity contribution in [2.75, 3.05) is 5.32 Å². The molecule has 5 rings (SSSR count). The molecule has 0 saturated heterocycles. The summed E-state index contributed by atoms with van der Waals surface area (Å²) in [6, 6.07) is 9.24. The number of carbonyl (C=O) groups excluding carboxylic acids is 1. The van der Waals surface area contributed by atoms with Crippen LogP contribution in [0.4, 0.5) is 14.5 Å². The number of nitrogens with zero attached hydrogens (tertiary/aromatic N) is 4. The number of anilines is 1. The fourth-order valence-corrected chi connectivity index (χ4v) is 3.96. The number of rotatable bonds is 7. The van der Waals surface area contributed by atoms with Gasteiger partial charge in [0.15, 0.2) is 0 Å². The SMILES string of the molecule is CC(C)n1cnc2cc(C(=O)Nc3ccc(OC(F)(F)Cl)cc3)cc(-n3cnc(C4CC4)c3)c21. The van der Waals surface area contributed by atoms with Gasteiger partial charge in [-0.15, -0.1) is 8.78 Å². The van der Waals surface area contributed by atoms with Crippen LogP contribution in [0.25, 0.3) is 16.7 Å². The van der Waals surface area contributed by atoms with Crippen LogP contribution in [0.1, 0.15) is 54.7 Å². The number of ether oxygens (including phenoxy) is 1. The Bertz CT molecular complexity index is 1350. The maximum absolute atomic E-state index is 13.1. The van der Waals surface area contributed by atoms with Gasteiger partial charge in [-0.25, -0.2) is 9.97 Å². The predicted molar refractivity (Wildman–Crippen MR) is 125 cm³/mol. The lowest BCUT2D eigenvalue weighted by molar-refractivity contribution is -0.0964. The van der Waals surface area contributed by atoms with Gasteiger partial charge in [-0.2, -0.15) is 0 Å². The summed E-state index contributed by atoms with van der Waals surface area (Å²) in [5.41, 5.74) is 0.475. The molecule has 1 N–H and O–H groups in total. The van der Waals surface area contributed by atoms with E-state index in [1.807, 2.05) is 16.8 Å². The van der Waals surface area contributed by atoms with Crippen LogP contribution in [0.5, 0.6) is 5.75 Å². The second-order valence-corrected chi connectivity index (χ2v) is 9.06. The summed E-state index contributed by atoms with van der Waals surface area (Å²) in [4.78, 5) is 22.2. The highest BCUT2D eigenvalue weighted by Gasteiger charge is 2.28. The summed E-state index contributed by atoms with van der Waals surface area (Å²) < 4.78 is 33.9. The van der Waals surface area contributed by atoms with Gasteiger partial charge in [-0.1, -0.05) is 0 Å². The normalized spacial score (nSPS) is 14.1. The van der Waals surface area contributed by atoms with Crippen LogP contribution in [0.3, 0.4) is 0 Å². The molecule has 0 bridgehead atoms. The van der Waals surface area contributed by atoms with Crippen LogP contribution in [0.15, 0.2) is 55.2 Å². The van der Waals surface area contributed by atoms with Gasteiger partial charge in [0.25, 0.3) is 5.91 Å². The standard InChI is InChI=1S/C24H22ClF2N5O2/c1-14(2)32-13-29-19-9-16(10-21(22(19)32)31-11-20(28-12-31)15-3-4-15)23(33)30-17-5-7-18(8-6-17)34-24(25,26)27/h5-15H,3-4H2,1-2H3,(H,30,33). The van der Waals surface area contributed by atoms with Crippen molar-refractivity contribution in [1.29, 1.82) is 0 Å². The van der Waals surface area contributed by atoms with E-state index in [0.29, 0.717) is 22.7 Å². The first-order chi connectivity index (χ1) is 16.2. The summed E-state index contributed by atoms with van der Waals surface area (Å²) in [7, 11) is 0. The molecular formula is C24H22ClF2N5O2. The third-order valence-corrected chi connectivity index (χ3v) is 5.77. The molecule has 2 heterocycles. The van der Waals surface area contributed by atoms with Gasteiger partial charge in [0.1, 0.15) is 5.75 Å². The molecular weight excluding hydrogens is 464 g/mol. The molecule has 10 heteroatoms. The Morgan fingerprint density at radius 2 is 1.91 bits per heavy atom. The fourth-order valence-electron chi connectivity index (χ4n) is 3.87. The largest absolute Gasteiger partial charge is 0.487 e. The molecule has 4 aromatic rings. The molecule has 0 radical (unpaired) electrons. The maximum atomic E-state index is 13.1. The molecule has 1 amide bonds. The Hall–Kier alpha value is -3.46. The van der Waals surface area contributed by atoms with Crippen molar-refractivity contribution in [1.82, 2.24) is 19.1 Å². The molecule has 34 heavy (non-hydrogen) atoms. The van der Waals surface area contributed by atoms with Gasteiger partial charge < -0.3 is 19.2 Å². The molecule has 0 unspecified atom stereocenters. The zero-order valence-corrected chi connectivity index (χ0v) is 19.3. The summed E-state index contributed by atoms with van der Waals surface area (Å²) >= 11 is 4.79. The second kappa shape index (κ2) is 8.39. The Morgan fingerprint density at radius 1 is 1.18 bits per heavy atom. The van der Waals surface area contributed by atoms with Crippen LogP contribution in [-0.4, -0.2) is 30.6 Å². The number of hydrogen-bond acceptors (Lipinski definition) is 4. The van der Waals surface area contributed by atoms with Crippen molar-refractivity contribution in [2.45, 2.75) is 44.2 Å². The average molecular weight is 486 g/mol. The number of amides is 1. The minimum absolute atomic E-state index is 0.118. The summed E-state index contributed by atoms with van der Waals surface area (Å²) in [5.74, 6) is 0.0255. The molecule has 2 aromatic heterocycles. The van der Waals surface area contributed by atoms with E-state index in [2.05, 4.69) is 38.4 Å². The quantitative estimate of drug-likeness (QED) is 0.321. The first-order valence-corrected chi connectivity index (χ1v) is 11.3. The highest BCUT2D eigenvalue weighted by atomic mass is 35.5. The highest BCUT2D eigenvalue weighted by molar-refractivity contribution is 6.20. The number of nitrogens with one attached hydrogen (secondary N) is 1. The van der Waals surface area contributed by atoms with Gasteiger partial charge >= 0.3 is 5.57 Å². The molecule has 0 spiro atoms. The number of fused-ring (bicyclic) bond motifs is 1. The lowest BCUT2D eigenvalue weighted by Crippen LogP contribution is -2.16. The van der Waals surface area contributed by atoms with E-state index < -0.39 is 5.57 Å². The van der Waals surface area contributed by atoms with Crippen LogP contribution < -0.4 is 10.1 Å². The number of benzene rings is 2. The molecule has 176 valence electrons. The topological polar surface area (TPSA) is 74.0 Å². The zero-order chi connectivity index (χ0) is 24.0. The van der Waals surface area contributed by atoms with E-state index in [9.17, 15) is 13.6 Å². The van der Waals surface area contributed by atoms with E-state index in [1.54, 1.807) is 18.7 Å². The minimum Gasteiger partial charge on any atom is -0.420 e. The summed E-state index contributed by atoms with van der Waals surface area (Å²) in [6.45, 7) is 4.14. The van der Waals surface area contributed by atoms with Gasteiger partial charge in [-0.05, 0) is 63.1 Å². The van der Waals surface area contributed by atoms with Gasteiger partial charge in [0.05, 0.1) is 35.1 Å².